The van der Waals surface area contributed by atoms with Gasteiger partial charge in [-0.3, -0.25) is 9.78 Å². The van der Waals surface area contributed by atoms with E-state index in [2.05, 4.69) is 20.3 Å². The second-order valence-corrected chi connectivity index (χ2v) is 5.83. The Bertz CT molecular complexity index is 699. The van der Waals surface area contributed by atoms with E-state index < -0.39 is 0 Å². The van der Waals surface area contributed by atoms with Gasteiger partial charge in [0.1, 0.15) is 5.69 Å². The zero-order valence-electron chi connectivity index (χ0n) is 14.0. The van der Waals surface area contributed by atoms with Crippen molar-refractivity contribution in [2.75, 3.05) is 5.73 Å². The summed E-state index contributed by atoms with van der Waals surface area (Å²) in [6, 6.07) is 7.30. The van der Waals surface area contributed by atoms with E-state index in [1.807, 2.05) is 45.9 Å². The van der Waals surface area contributed by atoms with Crippen LogP contribution in [0.15, 0.2) is 24.3 Å². The number of rotatable bonds is 5. The van der Waals surface area contributed by atoms with Gasteiger partial charge >= 0.3 is 0 Å². The molecule has 0 unspecified atom stereocenters. The van der Waals surface area contributed by atoms with E-state index in [9.17, 15) is 4.79 Å². The minimum atomic E-state index is -0.267. The fraction of sp³-hybridized carbons (Fsp3) is 0.412. The average Bonchev–Trinajstić information content (AvgIpc) is 2.51. The fourth-order valence-electron chi connectivity index (χ4n) is 2.27. The Kier molecular flexibility index (Phi) is 5.26. The largest absolute Gasteiger partial charge is 0.368 e. The van der Waals surface area contributed by atoms with Crippen molar-refractivity contribution in [3.05, 3.63) is 47.0 Å². The Morgan fingerprint density at radius 1 is 1.22 bits per heavy atom. The van der Waals surface area contributed by atoms with Crippen molar-refractivity contribution in [3.8, 4) is 0 Å². The number of hydrogen-bond donors (Lipinski definition) is 2. The van der Waals surface area contributed by atoms with Crippen molar-refractivity contribution in [2.24, 2.45) is 0 Å². The van der Waals surface area contributed by atoms with Crippen molar-refractivity contribution in [2.45, 2.75) is 46.1 Å². The van der Waals surface area contributed by atoms with E-state index in [1.54, 1.807) is 6.07 Å². The summed E-state index contributed by atoms with van der Waals surface area (Å²) in [7, 11) is 0. The van der Waals surface area contributed by atoms with E-state index in [4.69, 9.17) is 5.73 Å². The molecule has 0 aliphatic heterocycles. The Balaban J connectivity index is 2.23. The molecule has 23 heavy (non-hydrogen) atoms. The second kappa shape index (κ2) is 7.17. The molecule has 2 aromatic rings. The number of carbonyl (C=O) groups excluding carboxylic acids is 1. The molecule has 0 aromatic carbocycles. The summed E-state index contributed by atoms with van der Waals surface area (Å²) in [6.07, 6.45) is 0.736. The highest BCUT2D eigenvalue weighted by atomic mass is 16.1. The van der Waals surface area contributed by atoms with Gasteiger partial charge in [0.15, 0.2) is 0 Å². The Morgan fingerprint density at radius 2 is 1.96 bits per heavy atom. The first kappa shape index (κ1) is 16.9. The van der Waals surface area contributed by atoms with Crippen LogP contribution < -0.4 is 11.1 Å². The van der Waals surface area contributed by atoms with Gasteiger partial charge in [-0.1, -0.05) is 26.8 Å². The molecule has 3 N–H and O–H groups in total. The van der Waals surface area contributed by atoms with Crippen LogP contribution in [0, 0.1) is 6.92 Å². The number of aromatic nitrogens is 3. The number of aryl methyl sites for hydroxylation is 1. The third kappa shape index (κ3) is 4.25. The van der Waals surface area contributed by atoms with Gasteiger partial charge in [0.2, 0.25) is 5.95 Å². The van der Waals surface area contributed by atoms with Crippen LogP contribution in [-0.4, -0.2) is 20.9 Å². The summed E-state index contributed by atoms with van der Waals surface area (Å²) < 4.78 is 0. The highest BCUT2D eigenvalue weighted by molar-refractivity contribution is 5.92. The van der Waals surface area contributed by atoms with Gasteiger partial charge in [-0.15, -0.1) is 0 Å². The lowest BCUT2D eigenvalue weighted by Gasteiger charge is -2.17. The van der Waals surface area contributed by atoms with Crippen LogP contribution in [0.2, 0.25) is 0 Å². The molecule has 1 atom stereocenters. The molecule has 0 saturated carbocycles. The van der Waals surface area contributed by atoms with Crippen LogP contribution in [0.25, 0.3) is 0 Å². The molecule has 0 fully saturated rings. The lowest BCUT2D eigenvalue weighted by molar-refractivity contribution is 0.0929. The van der Waals surface area contributed by atoms with Crippen LogP contribution in [-0.2, 0) is 0 Å². The lowest BCUT2D eigenvalue weighted by Crippen LogP contribution is -2.30. The van der Waals surface area contributed by atoms with Crippen LogP contribution in [0.1, 0.15) is 66.7 Å². The van der Waals surface area contributed by atoms with E-state index in [0.717, 1.165) is 23.5 Å². The maximum atomic E-state index is 12.5. The fourth-order valence-corrected chi connectivity index (χ4v) is 2.27. The molecule has 2 heterocycles. The third-order valence-electron chi connectivity index (χ3n) is 3.57. The number of nitrogens with one attached hydrogen (secondary N) is 1. The highest BCUT2D eigenvalue weighted by Crippen LogP contribution is 2.17. The molecule has 122 valence electrons. The first-order chi connectivity index (χ1) is 10.9. The zero-order chi connectivity index (χ0) is 17.0. The van der Waals surface area contributed by atoms with Gasteiger partial charge in [0.25, 0.3) is 5.91 Å². The molecule has 2 aromatic heterocycles. The number of carbonyl (C=O) groups is 1. The molecule has 2 rings (SSSR count). The second-order valence-electron chi connectivity index (χ2n) is 5.83. The summed E-state index contributed by atoms with van der Waals surface area (Å²) in [4.78, 5) is 25.2. The monoisotopic (exact) mass is 313 g/mol. The number of amides is 1. The predicted molar refractivity (Wildman–Crippen MR) is 90.0 cm³/mol. The van der Waals surface area contributed by atoms with Crippen LogP contribution in [0.3, 0.4) is 0 Å². The molecule has 0 saturated heterocycles. The summed E-state index contributed by atoms with van der Waals surface area (Å²) in [5.41, 5.74) is 8.51. The molecule has 1 amide bonds. The first-order valence-corrected chi connectivity index (χ1v) is 7.79. The van der Waals surface area contributed by atoms with Crippen LogP contribution >= 0.6 is 0 Å². The van der Waals surface area contributed by atoms with Gasteiger partial charge < -0.3 is 11.1 Å². The zero-order valence-corrected chi connectivity index (χ0v) is 14.0. The summed E-state index contributed by atoms with van der Waals surface area (Å²) in [5, 5.41) is 2.97. The van der Waals surface area contributed by atoms with Crippen molar-refractivity contribution < 1.29 is 4.79 Å². The molecule has 0 bridgehead atoms. The van der Waals surface area contributed by atoms with Crippen molar-refractivity contribution in [1.82, 2.24) is 20.3 Å². The molecular weight excluding hydrogens is 290 g/mol. The number of nitrogens with zero attached hydrogens (tertiary/aromatic N) is 3. The van der Waals surface area contributed by atoms with E-state index >= 15 is 0 Å². The van der Waals surface area contributed by atoms with E-state index in [1.165, 1.54) is 0 Å². The Hall–Kier alpha value is -2.50. The summed E-state index contributed by atoms with van der Waals surface area (Å²) in [5.74, 6) is 0.0199. The molecule has 0 aliphatic carbocycles. The minimum Gasteiger partial charge on any atom is -0.368 e. The van der Waals surface area contributed by atoms with Gasteiger partial charge in [-0.25, -0.2) is 9.97 Å². The average molecular weight is 313 g/mol. The third-order valence-corrected chi connectivity index (χ3v) is 3.57. The van der Waals surface area contributed by atoms with Crippen LogP contribution in [0.4, 0.5) is 5.95 Å². The van der Waals surface area contributed by atoms with Gasteiger partial charge in [0, 0.05) is 11.4 Å². The van der Waals surface area contributed by atoms with Crippen LogP contribution in [0.5, 0.6) is 0 Å². The number of nitrogen functional groups attached to an aromatic ring is 1. The number of nitrogens with two attached hydrogens (primary N) is 1. The molecule has 0 radical (unpaired) electrons. The van der Waals surface area contributed by atoms with E-state index in [-0.39, 0.29) is 29.5 Å². The molecule has 0 aliphatic rings. The standard InChI is InChI=1S/C17H23N5O/c1-5-12(13-8-6-7-11(4)19-13)20-16(23)15-9-14(10(2)3)21-17(18)22-15/h6-10,12H,5H2,1-4H3,(H,20,23)(H2,18,21,22)/t12-/m0/s1. The SMILES string of the molecule is CC[C@H](NC(=O)c1cc(C(C)C)nc(N)n1)c1cccc(C)n1. The Labute approximate surface area is 136 Å². The first-order valence-electron chi connectivity index (χ1n) is 7.79. The van der Waals surface area contributed by atoms with Gasteiger partial charge in [0.05, 0.1) is 11.7 Å². The predicted octanol–water partition coefficient (Wildman–Crippen LogP) is 2.77. The summed E-state index contributed by atoms with van der Waals surface area (Å²) in [6.45, 7) is 7.92. The molecule has 0 spiro atoms. The van der Waals surface area contributed by atoms with Crippen molar-refractivity contribution in [3.63, 3.8) is 0 Å². The number of hydrogen-bond acceptors (Lipinski definition) is 5. The maximum Gasteiger partial charge on any atom is 0.270 e. The number of pyridine rings is 1. The highest BCUT2D eigenvalue weighted by Gasteiger charge is 2.18. The topological polar surface area (TPSA) is 93.8 Å². The Morgan fingerprint density at radius 3 is 2.57 bits per heavy atom. The molecule has 6 heteroatoms. The normalized spacial score (nSPS) is 12.2. The molecular formula is C17H23N5O. The minimum absolute atomic E-state index is 0.114. The maximum absolute atomic E-state index is 12.5. The molecule has 6 nitrogen and oxygen atoms in total. The van der Waals surface area contributed by atoms with Crippen molar-refractivity contribution in [1.29, 1.82) is 0 Å². The van der Waals surface area contributed by atoms with Gasteiger partial charge in [-0.05, 0) is 37.5 Å². The van der Waals surface area contributed by atoms with E-state index in [0.29, 0.717) is 0 Å². The summed E-state index contributed by atoms with van der Waals surface area (Å²) >= 11 is 0. The smallest absolute Gasteiger partial charge is 0.270 e. The van der Waals surface area contributed by atoms with Crippen molar-refractivity contribution >= 4 is 11.9 Å². The quantitative estimate of drug-likeness (QED) is 0.885. The lowest BCUT2D eigenvalue weighted by atomic mass is 10.1. The number of anilines is 1. The van der Waals surface area contributed by atoms with Gasteiger partial charge in [-0.2, -0.15) is 0 Å².